The van der Waals surface area contributed by atoms with Gasteiger partial charge in [0, 0.05) is 34.6 Å². The van der Waals surface area contributed by atoms with Gasteiger partial charge in [-0.15, -0.1) is 0 Å². The van der Waals surface area contributed by atoms with Gasteiger partial charge in [0.25, 0.3) is 0 Å². The molecule has 0 spiro atoms. The minimum Gasteiger partial charge on any atom is -0.325 e. The van der Waals surface area contributed by atoms with Crippen molar-refractivity contribution < 1.29 is 9.18 Å². The summed E-state index contributed by atoms with van der Waals surface area (Å²) in [6.45, 7) is 0.938. The molecule has 0 bridgehead atoms. The van der Waals surface area contributed by atoms with E-state index in [9.17, 15) is 9.18 Å². The molecule has 2 aromatic carbocycles. The van der Waals surface area contributed by atoms with Crippen molar-refractivity contribution in [3.05, 3.63) is 65.1 Å². The zero-order valence-electron chi connectivity index (χ0n) is 13.7. The van der Waals surface area contributed by atoms with Crippen molar-refractivity contribution in [3.63, 3.8) is 0 Å². The van der Waals surface area contributed by atoms with Gasteiger partial charge in [-0.05, 0) is 18.2 Å². The maximum atomic E-state index is 13.9. The van der Waals surface area contributed by atoms with Crippen LogP contribution in [0.2, 0.25) is 5.02 Å². The van der Waals surface area contributed by atoms with Crippen molar-refractivity contribution in [3.8, 4) is 11.3 Å². The molecular formula is C19H15ClFN3OS. The smallest absolute Gasteiger partial charge is 0.228 e. The number of imidazole rings is 1. The molecule has 26 heavy (non-hydrogen) atoms. The van der Waals surface area contributed by atoms with Crippen LogP contribution in [0.4, 0.5) is 10.1 Å². The molecule has 0 radical (unpaired) electrons. The van der Waals surface area contributed by atoms with Crippen molar-refractivity contribution in [2.45, 2.75) is 18.1 Å². The average molecular weight is 388 g/mol. The molecule has 3 aromatic rings. The Bertz CT molecular complexity index is 947. The first-order chi connectivity index (χ1) is 12.6. The van der Waals surface area contributed by atoms with E-state index in [0.29, 0.717) is 5.69 Å². The van der Waals surface area contributed by atoms with E-state index in [2.05, 4.69) is 14.9 Å². The number of benzene rings is 2. The van der Waals surface area contributed by atoms with E-state index in [1.807, 2.05) is 30.5 Å². The number of aromatic nitrogens is 2. The summed E-state index contributed by atoms with van der Waals surface area (Å²) in [7, 11) is 0. The minimum atomic E-state index is -0.483. The molecular weight excluding hydrogens is 373 g/mol. The Kier molecular flexibility index (Phi) is 4.70. The zero-order chi connectivity index (χ0) is 18.1. The molecule has 0 atom stereocenters. The van der Waals surface area contributed by atoms with Crippen LogP contribution in [0.5, 0.6) is 0 Å². The molecule has 4 rings (SSSR count). The molecule has 0 saturated carbocycles. The number of hydrogen-bond donors (Lipinski definition) is 1. The number of para-hydroxylation sites is 1. The fraction of sp³-hybridized carbons (Fsp3) is 0.158. The first kappa shape index (κ1) is 17.1. The number of carbonyl (C=O) groups is 1. The topological polar surface area (TPSA) is 46.9 Å². The molecule has 1 aliphatic heterocycles. The van der Waals surface area contributed by atoms with Crippen LogP contribution < -0.4 is 5.32 Å². The van der Waals surface area contributed by atoms with Crippen molar-refractivity contribution in [1.29, 1.82) is 0 Å². The molecule has 1 aromatic heterocycles. The lowest BCUT2D eigenvalue weighted by Gasteiger charge is -2.11. The van der Waals surface area contributed by atoms with Crippen molar-refractivity contribution >= 4 is 35.0 Å². The van der Waals surface area contributed by atoms with Gasteiger partial charge in [-0.25, -0.2) is 9.37 Å². The monoisotopic (exact) mass is 387 g/mol. The van der Waals surface area contributed by atoms with Crippen molar-refractivity contribution in [2.24, 2.45) is 0 Å². The highest BCUT2D eigenvalue weighted by Crippen LogP contribution is 2.32. The molecule has 132 valence electrons. The van der Waals surface area contributed by atoms with Crippen LogP contribution in [0.25, 0.3) is 11.3 Å². The second-order valence-electron chi connectivity index (χ2n) is 5.92. The summed E-state index contributed by atoms with van der Waals surface area (Å²) in [6, 6.07) is 11.9. The van der Waals surface area contributed by atoms with E-state index in [1.54, 1.807) is 17.8 Å². The molecule has 1 N–H and O–H groups in total. The lowest BCUT2D eigenvalue weighted by Crippen LogP contribution is -2.16. The molecule has 4 nitrogen and oxygen atoms in total. The number of nitrogens with one attached hydrogen (secondary N) is 1. The molecule has 0 unspecified atom stereocenters. The standard InChI is InChI=1S/C19H15ClFN3OS/c20-14-5-3-6-15(21)13(14)10-18(25)22-16-7-2-1-4-12(16)17-11-24-8-9-26-19(24)23-17/h1-7,11H,8-10H2,(H,22,25). The van der Waals surface area contributed by atoms with E-state index in [0.717, 1.165) is 28.7 Å². The summed E-state index contributed by atoms with van der Waals surface area (Å²) in [5.41, 5.74) is 2.49. The van der Waals surface area contributed by atoms with E-state index < -0.39 is 5.82 Å². The molecule has 1 amide bonds. The number of carbonyl (C=O) groups excluding carboxylic acids is 1. The fourth-order valence-electron chi connectivity index (χ4n) is 2.91. The van der Waals surface area contributed by atoms with Crippen molar-refractivity contribution in [2.75, 3.05) is 11.1 Å². The van der Waals surface area contributed by atoms with Gasteiger partial charge in [-0.2, -0.15) is 0 Å². The highest BCUT2D eigenvalue weighted by Gasteiger charge is 2.18. The lowest BCUT2D eigenvalue weighted by molar-refractivity contribution is -0.115. The maximum absolute atomic E-state index is 13.9. The summed E-state index contributed by atoms with van der Waals surface area (Å²) in [5.74, 6) is 0.221. The second kappa shape index (κ2) is 7.13. The predicted octanol–water partition coefficient (Wildman–Crippen LogP) is 4.63. The van der Waals surface area contributed by atoms with E-state index in [4.69, 9.17) is 11.6 Å². The SMILES string of the molecule is O=C(Cc1c(F)cccc1Cl)Nc1ccccc1-c1cn2c(n1)SCC2. The maximum Gasteiger partial charge on any atom is 0.228 e. The van der Waals surface area contributed by atoms with Crippen LogP contribution in [0.15, 0.2) is 53.8 Å². The van der Waals surface area contributed by atoms with Crippen LogP contribution in [0, 0.1) is 5.82 Å². The van der Waals surface area contributed by atoms with Crippen LogP contribution in [0.1, 0.15) is 5.56 Å². The number of halogens is 2. The summed E-state index contributed by atoms with van der Waals surface area (Å²) in [6.07, 6.45) is 1.86. The Morgan fingerprint density at radius 2 is 2.12 bits per heavy atom. The van der Waals surface area contributed by atoms with Gasteiger partial charge in [0.05, 0.1) is 17.8 Å². The van der Waals surface area contributed by atoms with Gasteiger partial charge in [0.15, 0.2) is 5.16 Å². The molecule has 0 saturated heterocycles. The Balaban J connectivity index is 1.58. The third-order valence-corrected chi connectivity index (χ3v) is 5.50. The first-order valence-electron chi connectivity index (χ1n) is 8.14. The lowest BCUT2D eigenvalue weighted by atomic mass is 10.1. The molecule has 1 aliphatic rings. The summed E-state index contributed by atoms with van der Waals surface area (Å²) >= 11 is 7.73. The quantitative estimate of drug-likeness (QED) is 0.710. The molecule has 2 heterocycles. The highest BCUT2D eigenvalue weighted by atomic mass is 35.5. The number of nitrogens with zero attached hydrogens (tertiary/aromatic N) is 2. The van der Waals surface area contributed by atoms with Crippen LogP contribution in [-0.2, 0) is 17.8 Å². The number of thioether (sulfide) groups is 1. The number of rotatable bonds is 4. The number of anilines is 1. The highest BCUT2D eigenvalue weighted by molar-refractivity contribution is 7.99. The van der Waals surface area contributed by atoms with Gasteiger partial charge in [-0.1, -0.05) is 47.6 Å². The third kappa shape index (κ3) is 3.34. The Morgan fingerprint density at radius 3 is 2.92 bits per heavy atom. The first-order valence-corrected chi connectivity index (χ1v) is 9.50. The predicted molar refractivity (Wildman–Crippen MR) is 102 cm³/mol. The van der Waals surface area contributed by atoms with Crippen LogP contribution in [0.3, 0.4) is 0 Å². The average Bonchev–Trinajstić information content (AvgIpc) is 3.21. The fourth-order valence-corrected chi connectivity index (χ4v) is 4.08. The summed E-state index contributed by atoms with van der Waals surface area (Å²) in [5, 5.41) is 4.09. The van der Waals surface area contributed by atoms with Crippen LogP contribution >= 0.6 is 23.4 Å². The molecule has 0 aliphatic carbocycles. The van der Waals surface area contributed by atoms with Crippen LogP contribution in [-0.4, -0.2) is 21.2 Å². The normalized spacial score (nSPS) is 12.8. The van der Waals surface area contributed by atoms with Gasteiger partial charge in [-0.3, -0.25) is 4.79 Å². The Morgan fingerprint density at radius 1 is 1.27 bits per heavy atom. The second-order valence-corrected chi connectivity index (χ2v) is 7.39. The molecule has 7 heteroatoms. The zero-order valence-corrected chi connectivity index (χ0v) is 15.3. The van der Waals surface area contributed by atoms with Gasteiger partial charge >= 0.3 is 0 Å². The van der Waals surface area contributed by atoms with Gasteiger partial charge in [0.2, 0.25) is 5.91 Å². The van der Waals surface area contributed by atoms with Crippen molar-refractivity contribution in [1.82, 2.24) is 9.55 Å². The number of amides is 1. The van der Waals surface area contributed by atoms with Gasteiger partial charge < -0.3 is 9.88 Å². The summed E-state index contributed by atoms with van der Waals surface area (Å²) in [4.78, 5) is 17.1. The minimum absolute atomic E-state index is 0.130. The van der Waals surface area contributed by atoms with E-state index >= 15 is 0 Å². The number of aryl methyl sites for hydroxylation is 1. The Labute approximate surface area is 159 Å². The van der Waals surface area contributed by atoms with E-state index in [-0.39, 0.29) is 22.9 Å². The van der Waals surface area contributed by atoms with E-state index in [1.165, 1.54) is 12.1 Å². The molecule has 0 fully saturated rings. The largest absolute Gasteiger partial charge is 0.325 e. The number of hydrogen-bond acceptors (Lipinski definition) is 3. The third-order valence-electron chi connectivity index (χ3n) is 4.18. The van der Waals surface area contributed by atoms with Gasteiger partial charge in [0.1, 0.15) is 5.82 Å². The number of fused-ring (bicyclic) bond motifs is 1. The Hall–Kier alpha value is -2.31. The summed E-state index contributed by atoms with van der Waals surface area (Å²) < 4.78 is 16.0.